The zero-order chi connectivity index (χ0) is 8.10. The second-order valence-corrected chi connectivity index (χ2v) is 3.83. The molecule has 1 rings (SSSR count). The molecular weight excluding hydrogens is 154 g/mol. The number of thiol groups is 1. The molecule has 1 saturated heterocycles. The maximum atomic E-state index is 4.31. The van der Waals surface area contributed by atoms with Crippen LogP contribution in [0.2, 0.25) is 0 Å². The van der Waals surface area contributed by atoms with Gasteiger partial charge >= 0.3 is 0 Å². The lowest BCUT2D eigenvalue weighted by molar-refractivity contribution is 0.324. The van der Waals surface area contributed by atoms with Gasteiger partial charge in [0.05, 0.1) is 0 Å². The molecule has 2 heteroatoms. The van der Waals surface area contributed by atoms with Crippen molar-refractivity contribution in [3.8, 4) is 0 Å². The van der Waals surface area contributed by atoms with Gasteiger partial charge in [0.15, 0.2) is 0 Å². The Morgan fingerprint density at radius 3 is 2.73 bits per heavy atom. The highest BCUT2D eigenvalue weighted by Gasteiger charge is 2.18. The zero-order valence-electron chi connectivity index (χ0n) is 7.34. The normalized spacial score (nSPS) is 32.2. The second kappa shape index (κ2) is 5.04. The highest BCUT2D eigenvalue weighted by Crippen LogP contribution is 2.16. The first-order valence-corrected chi connectivity index (χ1v) is 5.37. The summed E-state index contributed by atoms with van der Waals surface area (Å²) in [5, 5.41) is 3.63. The van der Waals surface area contributed by atoms with Gasteiger partial charge < -0.3 is 5.32 Å². The van der Waals surface area contributed by atoms with E-state index in [9.17, 15) is 0 Å². The van der Waals surface area contributed by atoms with Crippen molar-refractivity contribution in [1.29, 1.82) is 0 Å². The molecule has 1 aliphatic heterocycles. The van der Waals surface area contributed by atoms with E-state index in [1.165, 1.54) is 32.1 Å². The van der Waals surface area contributed by atoms with Crippen LogP contribution in [0.25, 0.3) is 0 Å². The fraction of sp³-hybridized carbons (Fsp3) is 1.00. The molecule has 1 heterocycles. The quantitative estimate of drug-likeness (QED) is 0.624. The smallest absolute Gasteiger partial charge is 0.0158 e. The molecule has 1 aliphatic rings. The molecule has 11 heavy (non-hydrogen) atoms. The fourth-order valence-corrected chi connectivity index (χ4v) is 2.12. The second-order valence-electron chi connectivity index (χ2n) is 3.46. The number of hydrogen-bond acceptors (Lipinski definition) is 2. The van der Waals surface area contributed by atoms with Crippen LogP contribution in [0.1, 0.15) is 39.0 Å². The van der Waals surface area contributed by atoms with Gasteiger partial charge in [-0.05, 0) is 19.3 Å². The van der Waals surface area contributed by atoms with Crippen molar-refractivity contribution >= 4 is 12.6 Å². The Morgan fingerprint density at radius 1 is 1.36 bits per heavy atom. The first-order chi connectivity index (χ1) is 5.36. The van der Waals surface area contributed by atoms with Crippen LogP contribution in [-0.4, -0.2) is 17.8 Å². The number of hydrogen-bond donors (Lipinski definition) is 2. The van der Waals surface area contributed by atoms with Gasteiger partial charge in [-0.3, -0.25) is 0 Å². The zero-order valence-corrected chi connectivity index (χ0v) is 8.24. The van der Waals surface area contributed by atoms with E-state index in [2.05, 4.69) is 24.9 Å². The molecular formula is C9H19NS. The highest BCUT2D eigenvalue weighted by atomic mass is 32.1. The van der Waals surface area contributed by atoms with Crippen molar-refractivity contribution in [2.24, 2.45) is 0 Å². The minimum Gasteiger partial charge on any atom is -0.310 e. The van der Waals surface area contributed by atoms with Crippen molar-refractivity contribution in [3.05, 3.63) is 0 Å². The Morgan fingerprint density at radius 2 is 2.09 bits per heavy atom. The molecule has 1 nitrogen and oxygen atoms in total. The Hall–Kier alpha value is 0.310. The lowest BCUT2D eigenvalue weighted by atomic mass is 9.97. The summed E-state index contributed by atoms with van der Waals surface area (Å²) in [4.78, 5) is 0. The van der Waals surface area contributed by atoms with Gasteiger partial charge in [-0.15, -0.1) is 0 Å². The SMILES string of the molecule is CCCC1CCC[C@@H](CS)N1. The average molecular weight is 173 g/mol. The van der Waals surface area contributed by atoms with Gasteiger partial charge in [0, 0.05) is 17.8 Å². The molecule has 0 aromatic rings. The molecule has 0 spiro atoms. The van der Waals surface area contributed by atoms with Gasteiger partial charge in [0.2, 0.25) is 0 Å². The fourth-order valence-electron chi connectivity index (χ4n) is 1.83. The molecule has 0 aromatic carbocycles. The van der Waals surface area contributed by atoms with Crippen molar-refractivity contribution in [1.82, 2.24) is 5.32 Å². The highest BCUT2D eigenvalue weighted by molar-refractivity contribution is 7.80. The first kappa shape index (κ1) is 9.40. The minimum absolute atomic E-state index is 0.684. The molecule has 1 fully saturated rings. The topological polar surface area (TPSA) is 12.0 Å². The van der Waals surface area contributed by atoms with Gasteiger partial charge in [-0.25, -0.2) is 0 Å². The van der Waals surface area contributed by atoms with Crippen molar-refractivity contribution in [2.45, 2.75) is 51.1 Å². The van der Waals surface area contributed by atoms with E-state index >= 15 is 0 Å². The molecule has 2 atom stereocenters. The van der Waals surface area contributed by atoms with Crippen LogP contribution >= 0.6 is 12.6 Å². The Kier molecular flexibility index (Phi) is 4.31. The lowest BCUT2D eigenvalue weighted by Gasteiger charge is -2.29. The predicted octanol–water partition coefficient (Wildman–Crippen LogP) is 2.23. The van der Waals surface area contributed by atoms with Gasteiger partial charge in [-0.1, -0.05) is 19.8 Å². The number of rotatable bonds is 3. The first-order valence-electron chi connectivity index (χ1n) is 4.73. The van der Waals surface area contributed by atoms with E-state index < -0.39 is 0 Å². The van der Waals surface area contributed by atoms with E-state index in [4.69, 9.17) is 0 Å². The van der Waals surface area contributed by atoms with E-state index in [1.807, 2.05) is 0 Å². The molecule has 0 saturated carbocycles. The molecule has 1 unspecified atom stereocenters. The van der Waals surface area contributed by atoms with Gasteiger partial charge in [-0.2, -0.15) is 12.6 Å². The summed E-state index contributed by atoms with van der Waals surface area (Å²) >= 11 is 4.31. The lowest BCUT2D eigenvalue weighted by Crippen LogP contribution is -2.43. The Bertz CT molecular complexity index is 104. The summed E-state index contributed by atoms with van der Waals surface area (Å²) in [5.74, 6) is 1.00. The maximum absolute atomic E-state index is 4.31. The van der Waals surface area contributed by atoms with Crippen LogP contribution in [0.15, 0.2) is 0 Å². The molecule has 66 valence electrons. The van der Waals surface area contributed by atoms with Crippen LogP contribution in [0.5, 0.6) is 0 Å². The summed E-state index contributed by atoms with van der Waals surface area (Å²) in [6.45, 7) is 2.26. The summed E-state index contributed by atoms with van der Waals surface area (Å²) in [5.41, 5.74) is 0. The third kappa shape index (κ3) is 3.04. The number of nitrogens with one attached hydrogen (secondary N) is 1. The summed E-state index contributed by atoms with van der Waals surface area (Å²) < 4.78 is 0. The maximum Gasteiger partial charge on any atom is 0.0158 e. The van der Waals surface area contributed by atoms with Gasteiger partial charge in [0.1, 0.15) is 0 Å². The average Bonchev–Trinajstić information content (AvgIpc) is 2.06. The Labute approximate surface area is 75.4 Å². The minimum atomic E-state index is 0.684. The van der Waals surface area contributed by atoms with E-state index in [0.29, 0.717) is 6.04 Å². The monoisotopic (exact) mass is 173 g/mol. The Balaban J connectivity index is 2.21. The van der Waals surface area contributed by atoms with E-state index in [1.54, 1.807) is 0 Å². The van der Waals surface area contributed by atoms with Crippen LogP contribution in [-0.2, 0) is 0 Å². The van der Waals surface area contributed by atoms with Crippen molar-refractivity contribution in [3.63, 3.8) is 0 Å². The van der Waals surface area contributed by atoms with Crippen molar-refractivity contribution in [2.75, 3.05) is 5.75 Å². The van der Waals surface area contributed by atoms with Gasteiger partial charge in [0.25, 0.3) is 0 Å². The van der Waals surface area contributed by atoms with Crippen molar-refractivity contribution < 1.29 is 0 Å². The molecule has 0 amide bonds. The largest absolute Gasteiger partial charge is 0.310 e. The summed E-state index contributed by atoms with van der Waals surface area (Å²) in [7, 11) is 0. The van der Waals surface area contributed by atoms with E-state index in [0.717, 1.165) is 11.8 Å². The van der Waals surface area contributed by atoms with Crippen LogP contribution in [0.4, 0.5) is 0 Å². The standard InChI is InChI=1S/C9H19NS/c1-2-4-8-5-3-6-9(7-11)10-8/h8-11H,2-7H2,1H3/t8?,9-/m0/s1. The molecule has 1 N–H and O–H groups in total. The molecule has 0 aromatic heterocycles. The predicted molar refractivity (Wildman–Crippen MR) is 53.3 cm³/mol. The summed E-state index contributed by atoms with van der Waals surface area (Å²) in [6, 6.07) is 1.47. The van der Waals surface area contributed by atoms with Crippen LogP contribution < -0.4 is 5.32 Å². The van der Waals surface area contributed by atoms with Crippen LogP contribution in [0.3, 0.4) is 0 Å². The molecule has 0 bridgehead atoms. The third-order valence-electron chi connectivity index (χ3n) is 2.43. The van der Waals surface area contributed by atoms with Crippen LogP contribution in [0, 0.1) is 0 Å². The summed E-state index contributed by atoms with van der Waals surface area (Å²) in [6.07, 6.45) is 6.73. The third-order valence-corrected chi connectivity index (χ3v) is 2.87. The van der Waals surface area contributed by atoms with E-state index in [-0.39, 0.29) is 0 Å². The number of piperidine rings is 1. The molecule has 0 aliphatic carbocycles. The molecule has 0 radical (unpaired) electrons.